The SMILES string of the molecule is C=CCOc1c(I)cc(/C=C2\SC(=O)N(CCC)C2=O)cc1OC. The summed E-state index contributed by atoms with van der Waals surface area (Å²) in [5.74, 6) is 0.963. The molecule has 0 atom stereocenters. The smallest absolute Gasteiger partial charge is 0.293 e. The average molecular weight is 459 g/mol. The third-order valence-corrected chi connectivity index (χ3v) is 4.92. The van der Waals surface area contributed by atoms with E-state index in [9.17, 15) is 9.59 Å². The predicted molar refractivity (Wildman–Crippen MR) is 104 cm³/mol. The first-order chi connectivity index (χ1) is 11.5. The largest absolute Gasteiger partial charge is 0.493 e. The highest BCUT2D eigenvalue weighted by atomic mass is 127. The van der Waals surface area contributed by atoms with E-state index in [1.54, 1.807) is 25.3 Å². The highest BCUT2D eigenvalue weighted by molar-refractivity contribution is 14.1. The van der Waals surface area contributed by atoms with E-state index in [-0.39, 0.29) is 11.1 Å². The monoisotopic (exact) mass is 459 g/mol. The van der Waals surface area contributed by atoms with Gasteiger partial charge in [-0.2, -0.15) is 0 Å². The van der Waals surface area contributed by atoms with Crippen molar-refractivity contribution in [2.24, 2.45) is 0 Å². The fourth-order valence-corrected chi connectivity index (χ4v) is 3.82. The fraction of sp³-hybridized carbons (Fsp3) is 0.294. The number of ether oxygens (including phenoxy) is 2. The second-order valence-corrected chi connectivity index (χ2v) is 7.12. The van der Waals surface area contributed by atoms with Gasteiger partial charge in [-0.1, -0.05) is 19.6 Å². The molecule has 128 valence electrons. The molecule has 7 heteroatoms. The summed E-state index contributed by atoms with van der Waals surface area (Å²) in [6, 6.07) is 3.67. The lowest BCUT2D eigenvalue weighted by Gasteiger charge is -2.12. The van der Waals surface area contributed by atoms with Gasteiger partial charge in [-0.3, -0.25) is 14.5 Å². The van der Waals surface area contributed by atoms with E-state index in [4.69, 9.17) is 9.47 Å². The van der Waals surface area contributed by atoms with Crippen LogP contribution in [0.2, 0.25) is 0 Å². The molecule has 0 unspecified atom stereocenters. The van der Waals surface area contributed by atoms with Crippen molar-refractivity contribution in [2.75, 3.05) is 20.3 Å². The number of carbonyl (C=O) groups is 2. The number of benzene rings is 1. The molecule has 0 radical (unpaired) electrons. The molecule has 0 saturated carbocycles. The van der Waals surface area contributed by atoms with Gasteiger partial charge in [0.1, 0.15) is 6.61 Å². The minimum atomic E-state index is -0.243. The summed E-state index contributed by atoms with van der Waals surface area (Å²) in [6.07, 6.45) is 4.11. The van der Waals surface area contributed by atoms with Crippen LogP contribution in [0.1, 0.15) is 18.9 Å². The molecule has 1 aliphatic heterocycles. The first-order valence-electron chi connectivity index (χ1n) is 7.38. The lowest BCUT2D eigenvalue weighted by Crippen LogP contribution is -2.28. The Hall–Kier alpha value is -1.48. The molecule has 5 nitrogen and oxygen atoms in total. The summed E-state index contributed by atoms with van der Waals surface area (Å²) in [5.41, 5.74) is 0.782. The quantitative estimate of drug-likeness (QED) is 0.346. The van der Waals surface area contributed by atoms with Gasteiger partial charge in [0.15, 0.2) is 11.5 Å². The number of carbonyl (C=O) groups excluding carboxylic acids is 2. The summed E-state index contributed by atoms with van der Waals surface area (Å²) in [6.45, 7) is 6.38. The van der Waals surface area contributed by atoms with Crippen molar-refractivity contribution < 1.29 is 19.1 Å². The molecule has 0 aliphatic carbocycles. The minimum absolute atomic E-state index is 0.222. The Labute approximate surface area is 159 Å². The van der Waals surface area contributed by atoms with Crippen LogP contribution in [0.3, 0.4) is 0 Å². The van der Waals surface area contributed by atoms with Crippen molar-refractivity contribution in [3.8, 4) is 11.5 Å². The Morgan fingerprint density at radius 2 is 2.12 bits per heavy atom. The Morgan fingerprint density at radius 1 is 1.38 bits per heavy atom. The lowest BCUT2D eigenvalue weighted by atomic mass is 10.2. The highest BCUT2D eigenvalue weighted by Gasteiger charge is 2.34. The summed E-state index contributed by atoms with van der Waals surface area (Å²) < 4.78 is 11.8. The molecule has 0 N–H and O–H groups in total. The molecule has 24 heavy (non-hydrogen) atoms. The van der Waals surface area contributed by atoms with E-state index < -0.39 is 0 Å². The zero-order chi connectivity index (χ0) is 17.7. The maximum atomic E-state index is 12.3. The van der Waals surface area contributed by atoms with Gasteiger partial charge >= 0.3 is 0 Å². The van der Waals surface area contributed by atoms with Crippen LogP contribution in [0.5, 0.6) is 11.5 Å². The third kappa shape index (κ3) is 4.13. The Balaban J connectivity index is 2.33. The van der Waals surface area contributed by atoms with Crippen molar-refractivity contribution in [1.82, 2.24) is 4.90 Å². The molecule has 2 amide bonds. The summed E-state index contributed by atoms with van der Waals surface area (Å²) in [5, 5.41) is -0.222. The first-order valence-corrected chi connectivity index (χ1v) is 9.27. The number of nitrogens with zero attached hydrogens (tertiary/aromatic N) is 1. The molecule has 0 bridgehead atoms. The highest BCUT2D eigenvalue weighted by Crippen LogP contribution is 2.37. The van der Waals surface area contributed by atoms with Gasteiger partial charge in [-0.15, -0.1) is 0 Å². The van der Waals surface area contributed by atoms with Gasteiger partial charge in [0, 0.05) is 6.54 Å². The summed E-state index contributed by atoms with van der Waals surface area (Å²) in [4.78, 5) is 25.9. The summed E-state index contributed by atoms with van der Waals surface area (Å²) in [7, 11) is 1.56. The van der Waals surface area contributed by atoms with Gasteiger partial charge < -0.3 is 9.47 Å². The second kappa shape index (κ2) is 8.57. The van der Waals surface area contributed by atoms with E-state index in [0.717, 1.165) is 27.3 Å². The van der Waals surface area contributed by atoms with Crippen molar-refractivity contribution in [2.45, 2.75) is 13.3 Å². The van der Waals surface area contributed by atoms with Crippen LogP contribution in [0.15, 0.2) is 29.7 Å². The number of imide groups is 1. The Bertz CT molecular complexity index is 702. The molecule has 1 aromatic carbocycles. The van der Waals surface area contributed by atoms with Crippen LogP contribution in [0.25, 0.3) is 6.08 Å². The number of methoxy groups -OCH3 is 1. The number of halogens is 1. The third-order valence-electron chi connectivity index (χ3n) is 3.22. The Kier molecular flexibility index (Phi) is 6.73. The first kappa shape index (κ1) is 18.9. The maximum Gasteiger partial charge on any atom is 0.293 e. The molecular weight excluding hydrogens is 441 g/mol. The molecular formula is C17H18INO4S. The van der Waals surface area contributed by atoms with Crippen LogP contribution < -0.4 is 9.47 Å². The zero-order valence-electron chi connectivity index (χ0n) is 13.5. The molecule has 0 aromatic heterocycles. The normalized spacial score (nSPS) is 16.0. The van der Waals surface area contributed by atoms with Crippen molar-refractivity contribution >= 4 is 51.6 Å². The van der Waals surface area contributed by atoms with E-state index >= 15 is 0 Å². The zero-order valence-corrected chi connectivity index (χ0v) is 16.5. The molecule has 0 spiro atoms. The predicted octanol–water partition coefficient (Wildman–Crippen LogP) is 4.31. The van der Waals surface area contributed by atoms with E-state index in [2.05, 4.69) is 29.2 Å². The number of amides is 2. The number of hydrogen-bond acceptors (Lipinski definition) is 5. The topological polar surface area (TPSA) is 55.8 Å². The lowest BCUT2D eigenvalue weighted by molar-refractivity contribution is -0.122. The minimum Gasteiger partial charge on any atom is -0.493 e. The van der Waals surface area contributed by atoms with E-state index in [1.807, 2.05) is 13.0 Å². The molecule has 1 heterocycles. The Morgan fingerprint density at radius 3 is 2.75 bits per heavy atom. The standard InChI is InChI=1S/C17H18INO4S/c1-4-6-19-16(20)14(24-17(19)21)10-11-8-12(18)15(23-7-5-2)13(9-11)22-3/h5,8-10H,2,4,6-7H2,1,3H3/b14-10-. The van der Waals surface area contributed by atoms with Crippen molar-refractivity contribution in [3.63, 3.8) is 0 Å². The van der Waals surface area contributed by atoms with E-state index in [1.165, 1.54) is 4.90 Å². The van der Waals surface area contributed by atoms with Crippen molar-refractivity contribution in [3.05, 3.63) is 38.8 Å². The van der Waals surface area contributed by atoms with Crippen molar-refractivity contribution in [1.29, 1.82) is 0 Å². The number of thioether (sulfide) groups is 1. The molecule has 1 aromatic rings. The van der Waals surface area contributed by atoms with Gasteiger partial charge in [0.2, 0.25) is 0 Å². The van der Waals surface area contributed by atoms with Crippen LogP contribution in [0, 0.1) is 3.57 Å². The van der Waals surface area contributed by atoms with Crippen LogP contribution in [-0.2, 0) is 4.79 Å². The second-order valence-electron chi connectivity index (χ2n) is 4.97. The van der Waals surface area contributed by atoms with Gasteiger partial charge in [0.05, 0.1) is 15.6 Å². The molecule has 1 saturated heterocycles. The van der Waals surface area contributed by atoms with E-state index in [0.29, 0.717) is 29.6 Å². The average Bonchev–Trinajstić information content (AvgIpc) is 2.81. The number of hydrogen-bond donors (Lipinski definition) is 0. The van der Waals surface area contributed by atoms with Crippen LogP contribution in [0.4, 0.5) is 4.79 Å². The van der Waals surface area contributed by atoms with Gasteiger partial charge in [-0.25, -0.2) is 0 Å². The number of rotatable bonds is 7. The van der Waals surface area contributed by atoms with Crippen LogP contribution >= 0.6 is 34.4 Å². The maximum absolute atomic E-state index is 12.3. The van der Waals surface area contributed by atoms with Crippen LogP contribution in [-0.4, -0.2) is 36.3 Å². The van der Waals surface area contributed by atoms with Gasteiger partial charge in [-0.05, 0) is 64.5 Å². The molecule has 1 fully saturated rings. The fourth-order valence-electron chi connectivity index (χ4n) is 2.17. The van der Waals surface area contributed by atoms with Gasteiger partial charge in [0.25, 0.3) is 11.1 Å². The molecule has 2 rings (SSSR count). The summed E-state index contributed by atoms with van der Waals surface area (Å²) >= 11 is 3.12. The molecule has 1 aliphatic rings.